The maximum absolute atomic E-state index is 12.1. The van der Waals surface area contributed by atoms with E-state index in [9.17, 15) is 14.4 Å². The van der Waals surface area contributed by atoms with Crippen LogP contribution in [-0.2, 0) is 9.59 Å². The molecular weight excluding hydrogens is 272 g/mol. The predicted molar refractivity (Wildman–Crippen MR) is 79.2 cm³/mol. The summed E-state index contributed by atoms with van der Waals surface area (Å²) in [4.78, 5) is 34.4. The summed E-state index contributed by atoms with van der Waals surface area (Å²) >= 11 is 0. The van der Waals surface area contributed by atoms with Crippen LogP contribution in [0, 0.1) is 0 Å². The number of carboxylic acid groups (broad SMARTS) is 1. The Labute approximate surface area is 123 Å². The van der Waals surface area contributed by atoms with Gasteiger partial charge in [-0.15, -0.1) is 0 Å². The second-order valence-electron chi connectivity index (χ2n) is 4.64. The minimum atomic E-state index is -1.05. The third-order valence-corrected chi connectivity index (χ3v) is 2.91. The minimum Gasteiger partial charge on any atom is -0.480 e. The number of carboxylic acids is 1. The van der Waals surface area contributed by atoms with E-state index in [-0.39, 0.29) is 5.91 Å². The Hall–Kier alpha value is -2.37. The van der Waals surface area contributed by atoms with Gasteiger partial charge in [-0.1, -0.05) is 26.3 Å². The number of aliphatic carboxylic acids is 1. The maximum atomic E-state index is 12.1. The lowest BCUT2D eigenvalue weighted by Crippen LogP contribution is -2.40. The van der Waals surface area contributed by atoms with Crippen molar-refractivity contribution in [1.29, 1.82) is 0 Å². The molecule has 21 heavy (non-hydrogen) atoms. The van der Waals surface area contributed by atoms with E-state index < -0.39 is 17.9 Å². The molecule has 0 aromatic heterocycles. The summed E-state index contributed by atoms with van der Waals surface area (Å²) in [5.41, 5.74) is 0.822. The van der Waals surface area contributed by atoms with Crippen molar-refractivity contribution in [3.05, 3.63) is 29.8 Å². The summed E-state index contributed by atoms with van der Waals surface area (Å²) in [7, 11) is 0. The monoisotopic (exact) mass is 292 g/mol. The van der Waals surface area contributed by atoms with Crippen LogP contribution in [0.4, 0.5) is 5.69 Å². The van der Waals surface area contributed by atoms with Crippen LogP contribution in [0.25, 0.3) is 0 Å². The molecule has 0 aliphatic heterocycles. The Kier molecular flexibility index (Phi) is 6.39. The van der Waals surface area contributed by atoms with Crippen molar-refractivity contribution in [1.82, 2.24) is 5.32 Å². The molecule has 0 bridgehead atoms. The zero-order valence-corrected chi connectivity index (χ0v) is 12.2. The molecule has 0 aliphatic rings. The van der Waals surface area contributed by atoms with Crippen molar-refractivity contribution in [2.75, 3.05) is 5.32 Å². The smallest absolute Gasteiger partial charge is 0.326 e. The van der Waals surface area contributed by atoms with Gasteiger partial charge in [-0.05, 0) is 24.6 Å². The number of benzene rings is 1. The van der Waals surface area contributed by atoms with E-state index in [1.54, 1.807) is 25.1 Å². The molecule has 0 radical (unpaired) electrons. The quantitative estimate of drug-likeness (QED) is 0.716. The van der Waals surface area contributed by atoms with Gasteiger partial charge in [0.05, 0.1) is 0 Å². The first-order chi connectivity index (χ1) is 9.97. The van der Waals surface area contributed by atoms with Crippen LogP contribution < -0.4 is 10.6 Å². The van der Waals surface area contributed by atoms with Gasteiger partial charge in [0.2, 0.25) is 5.91 Å². The number of hydrogen-bond acceptors (Lipinski definition) is 3. The van der Waals surface area contributed by atoms with Crippen molar-refractivity contribution in [2.45, 2.75) is 39.2 Å². The van der Waals surface area contributed by atoms with Gasteiger partial charge in [0.25, 0.3) is 5.91 Å². The first-order valence-corrected chi connectivity index (χ1v) is 6.91. The van der Waals surface area contributed by atoms with Crippen LogP contribution in [0.3, 0.4) is 0 Å². The van der Waals surface area contributed by atoms with Crippen LogP contribution in [0.15, 0.2) is 24.3 Å². The highest BCUT2D eigenvalue weighted by Gasteiger charge is 2.19. The van der Waals surface area contributed by atoms with E-state index in [2.05, 4.69) is 10.6 Å². The van der Waals surface area contributed by atoms with Crippen molar-refractivity contribution >= 4 is 23.5 Å². The van der Waals surface area contributed by atoms with Gasteiger partial charge in [-0.25, -0.2) is 4.79 Å². The normalized spacial score (nSPS) is 11.5. The zero-order valence-electron chi connectivity index (χ0n) is 12.2. The van der Waals surface area contributed by atoms with Gasteiger partial charge in [0.15, 0.2) is 0 Å². The fraction of sp³-hybridized carbons (Fsp3) is 0.400. The molecule has 1 aromatic rings. The van der Waals surface area contributed by atoms with Gasteiger partial charge in [-0.3, -0.25) is 9.59 Å². The zero-order chi connectivity index (χ0) is 15.8. The Morgan fingerprint density at radius 1 is 1.24 bits per heavy atom. The van der Waals surface area contributed by atoms with Crippen LogP contribution in [0.2, 0.25) is 0 Å². The summed E-state index contributed by atoms with van der Waals surface area (Å²) in [6.07, 6.45) is 1.37. The number of hydrogen-bond donors (Lipinski definition) is 3. The second-order valence-corrected chi connectivity index (χ2v) is 4.64. The van der Waals surface area contributed by atoms with E-state index in [1.165, 1.54) is 6.07 Å². The fourth-order valence-corrected chi connectivity index (χ4v) is 1.78. The highest BCUT2D eigenvalue weighted by atomic mass is 16.4. The number of amides is 2. The summed E-state index contributed by atoms with van der Waals surface area (Å²) in [6, 6.07) is 5.49. The van der Waals surface area contributed by atoms with Crippen molar-refractivity contribution in [2.24, 2.45) is 0 Å². The molecule has 0 saturated heterocycles. The summed E-state index contributed by atoms with van der Waals surface area (Å²) in [5.74, 6) is -1.67. The molecule has 6 nitrogen and oxygen atoms in total. The lowest BCUT2D eigenvalue weighted by Gasteiger charge is -2.14. The topological polar surface area (TPSA) is 95.5 Å². The first-order valence-electron chi connectivity index (χ1n) is 6.91. The molecule has 0 spiro atoms. The molecule has 0 saturated carbocycles. The van der Waals surface area contributed by atoms with Gasteiger partial charge < -0.3 is 15.7 Å². The van der Waals surface area contributed by atoms with E-state index >= 15 is 0 Å². The van der Waals surface area contributed by atoms with Gasteiger partial charge in [-0.2, -0.15) is 0 Å². The molecular formula is C15H20N2O4. The average Bonchev–Trinajstić information content (AvgIpc) is 2.46. The van der Waals surface area contributed by atoms with E-state index in [0.29, 0.717) is 30.5 Å². The average molecular weight is 292 g/mol. The van der Waals surface area contributed by atoms with Crippen LogP contribution >= 0.6 is 0 Å². The Morgan fingerprint density at radius 3 is 2.52 bits per heavy atom. The first kappa shape index (κ1) is 16.7. The molecule has 1 unspecified atom stereocenters. The summed E-state index contributed by atoms with van der Waals surface area (Å²) in [5, 5.41) is 14.2. The highest BCUT2D eigenvalue weighted by Crippen LogP contribution is 2.11. The van der Waals surface area contributed by atoms with E-state index in [4.69, 9.17) is 5.11 Å². The van der Waals surface area contributed by atoms with E-state index in [0.717, 1.165) is 0 Å². The van der Waals surface area contributed by atoms with Gasteiger partial charge >= 0.3 is 5.97 Å². The fourth-order valence-electron chi connectivity index (χ4n) is 1.78. The van der Waals surface area contributed by atoms with Gasteiger partial charge in [0, 0.05) is 17.7 Å². The molecule has 6 heteroatoms. The number of carbonyl (C=O) groups is 3. The molecule has 114 valence electrons. The molecule has 2 amide bonds. The second kappa shape index (κ2) is 8.04. The van der Waals surface area contributed by atoms with Crippen LogP contribution in [0.5, 0.6) is 0 Å². The number of anilines is 1. The molecule has 0 fully saturated rings. The predicted octanol–water partition coefficient (Wildman–Crippen LogP) is 2.02. The molecule has 1 aromatic carbocycles. The lowest BCUT2D eigenvalue weighted by atomic mass is 10.1. The van der Waals surface area contributed by atoms with Crippen LogP contribution in [0.1, 0.15) is 43.5 Å². The van der Waals surface area contributed by atoms with Gasteiger partial charge in [0.1, 0.15) is 6.04 Å². The molecule has 0 aliphatic carbocycles. The molecule has 1 atom stereocenters. The molecule has 3 N–H and O–H groups in total. The Balaban J connectivity index is 2.80. The standard InChI is InChI=1S/C15H20N2O4/c1-3-6-12(15(20)21)17-14(19)10-7-5-8-11(9-10)16-13(18)4-2/h5,7-9,12H,3-4,6H2,1-2H3,(H,16,18)(H,17,19)(H,20,21). The Bertz CT molecular complexity index is 528. The molecule has 0 heterocycles. The van der Waals surface area contributed by atoms with Crippen LogP contribution in [-0.4, -0.2) is 28.9 Å². The van der Waals surface area contributed by atoms with E-state index in [1.807, 2.05) is 6.92 Å². The third kappa shape index (κ3) is 5.25. The highest BCUT2D eigenvalue weighted by molar-refractivity contribution is 5.98. The number of rotatable bonds is 7. The van der Waals surface area contributed by atoms with Crippen molar-refractivity contribution in [3.63, 3.8) is 0 Å². The largest absolute Gasteiger partial charge is 0.480 e. The summed E-state index contributed by atoms with van der Waals surface area (Å²) in [6.45, 7) is 3.58. The third-order valence-electron chi connectivity index (χ3n) is 2.91. The van der Waals surface area contributed by atoms with Crippen molar-refractivity contribution in [3.8, 4) is 0 Å². The number of carbonyl (C=O) groups excluding carboxylic acids is 2. The molecule has 1 rings (SSSR count). The summed E-state index contributed by atoms with van der Waals surface area (Å²) < 4.78 is 0. The maximum Gasteiger partial charge on any atom is 0.326 e. The Morgan fingerprint density at radius 2 is 1.95 bits per heavy atom. The SMILES string of the molecule is CCCC(NC(=O)c1cccc(NC(=O)CC)c1)C(=O)O. The lowest BCUT2D eigenvalue weighted by molar-refractivity contribution is -0.139. The van der Waals surface area contributed by atoms with Crippen molar-refractivity contribution < 1.29 is 19.5 Å². The number of nitrogens with one attached hydrogen (secondary N) is 2. The minimum absolute atomic E-state index is 0.151.